The van der Waals surface area contributed by atoms with Crippen molar-refractivity contribution in [3.8, 4) is 0 Å². The summed E-state index contributed by atoms with van der Waals surface area (Å²) >= 11 is 3.17. The summed E-state index contributed by atoms with van der Waals surface area (Å²) in [5.41, 5.74) is 5.87. The molecule has 0 aliphatic carbocycles. The first-order valence-corrected chi connectivity index (χ1v) is 7.81. The largest absolute Gasteiger partial charge is 0.337 e. The van der Waals surface area contributed by atoms with E-state index in [1.807, 2.05) is 22.6 Å². The molecule has 1 unspecified atom stereocenters. The van der Waals surface area contributed by atoms with Crippen molar-refractivity contribution in [1.29, 1.82) is 0 Å². The van der Waals surface area contributed by atoms with Crippen molar-refractivity contribution in [2.75, 3.05) is 25.9 Å². The Morgan fingerprint density at radius 2 is 2.39 bits per heavy atom. The zero-order valence-corrected chi connectivity index (χ0v) is 13.1. The van der Waals surface area contributed by atoms with E-state index in [4.69, 9.17) is 5.73 Å². The molecule has 3 nitrogen and oxygen atoms in total. The van der Waals surface area contributed by atoms with Crippen LogP contribution in [0.4, 0.5) is 0 Å². The number of amides is 1. The van der Waals surface area contributed by atoms with E-state index in [9.17, 15) is 4.79 Å². The Morgan fingerprint density at radius 3 is 2.94 bits per heavy atom. The highest BCUT2D eigenvalue weighted by atomic mass is 35.5. The Bertz CT molecular complexity index is 424. The molecular weight excluding hydrogens is 288 g/mol. The molecule has 0 saturated carbocycles. The van der Waals surface area contributed by atoms with E-state index in [0.29, 0.717) is 6.54 Å². The monoisotopic (exact) mass is 306 g/mol. The second-order valence-corrected chi connectivity index (χ2v) is 6.57. The molecule has 0 radical (unpaired) electrons. The van der Waals surface area contributed by atoms with Gasteiger partial charge in [-0.15, -0.1) is 35.5 Å². The Hall–Kier alpha value is -0.230. The number of hydrogen-bond donors (Lipinski definition) is 1. The van der Waals surface area contributed by atoms with Gasteiger partial charge in [0.2, 0.25) is 0 Å². The highest BCUT2D eigenvalue weighted by Gasteiger charge is 2.35. The number of thioether (sulfide) groups is 1. The number of halogens is 1. The number of rotatable bonds is 3. The van der Waals surface area contributed by atoms with Crippen LogP contribution in [-0.2, 0) is 0 Å². The molecule has 2 heterocycles. The van der Waals surface area contributed by atoms with Crippen LogP contribution in [0.15, 0.2) is 16.3 Å². The average Bonchev–Trinajstić information content (AvgIpc) is 2.95. The van der Waals surface area contributed by atoms with E-state index >= 15 is 0 Å². The average molecular weight is 307 g/mol. The summed E-state index contributed by atoms with van der Waals surface area (Å²) in [5.74, 6) is 0.168. The zero-order chi connectivity index (χ0) is 12.5. The lowest BCUT2D eigenvalue weighted by molar-refractivity contribution is 0.0778. The topological polar surface area (TPSA) is 46.3 Å². The number of carbonyl (C=O) groups excluding carboxylic acids is 1. The predicted octanol–water partition coefficient (Wildman–Crippen LogP) is 2.70. The maximum atomic E-state index is 12.4. The molecular formula is C12H19ClN2OS2. The van der Waals surface area contributed by atoms with Gasteiger partial charge in [0.25, 0.3) is 5.91 Å². The van der Waals surface area contributed by atoms with Gasteiger partial charge >= 0.3 is 0 Å². The Balaban J connectivity index is 0.00000162. The van der Waals surface area contributed by atoms with Crippen molar-refractivity contribution < 1.29 is 4.79 Å². The lowest BCUT2D eigenvalue weighted by Gasteiger charge is -2.22. The van der Waals surface area contributed by atoms with Gasteiger partial charge in [-0.2, -0.15) is 0 Å². The second-order valence-electron chi connectivity index (χ2n) is 4.81. The zero-order valence-electron chi connectivity index (χ0n) is 10.6. The van der Waals surface area contributed by atoms with Gasteiger partial charge in [-0.1, -0.05) is 6.92 Å². The molecule has 0 aromatic carbocycles. The first kappa shape index (κ1) is 15.8. The van der Waals surface area contributed by atoms with E-state index < -0.39 is 0 Å². The molecule has 1 saturated heterocycles. The second kappa shape index (κ2) is 6.28. The molecule has 1 aromatic rings. The van der Waals surface area contributed by atoms with Crippen LogP contribution in [0.2, 0.25) is 0 Å². The lowest BCUT2D eigenvalue weighted by Crippen LogP contribution is -2.34. The van der Waals surface area contributed by atoms with Crippen molar-refractivity contribution in [3.05, 3.63) is 16.3 Å². The molecule has 1 atom stereocenters. The molecule has 1 aliphatic rings. The van der Waals surface area contributed by atoms with Crippen molar-refractivity contribution in [2.24, 2.45) is 11.1 Å². The van der Waals surface area contributed by atoms with E-state index in [-0.39, 0.29) is 23.7 Å². The minimum absolute atomic E-state index is 0. The first-order chi connectivity index (χ1) is 8.09. The maximum Gasteiger partial charge on any atom is 0.265 e. The summed E-state index contributed by atoms with van der Waals surface area (Å²) in [6, 6.07) is 2.01. The summed E-state index contributed by atoms with van der Waals surface area (Å²) in [6.45, 7) is 4.42. The van der Waals surface area contributed by atoms with Crippen LogP contribution in [0.5, 0.6) is 0 Å². The number of nitrogens with two attached hydrogens (primary N) is 1. The van der Waals surface area contributed by atoms with Crippen molar-refractivity contribution in [3.63, 3.8) is 0 Å². The molecule has 0 spiro atoms. The number of likely N-dealkylation sites (tertiary alicyclic amines) is 1. The molecule has 0 bridgehead atoms. The molecule has 2 rings (SSSR count). The van der Waals surface area contributed by atoms with Crippen LogP contribution in [0.1, 0.15) is 23.0 Å². The molecule has 1 amide bonds. The fourth-order valence-electron chi connectivity index (χ4n) is 2.12. The minimum Gasteiger partial charge on any atom is -0.337 e. The number of carbonyl (C=O) groups is 1. The summed E-state index contributed by atoms with van der Waals surface area (Å²) in [6.07, 6.45) is 3.02. The van der Waals surface area contributed by atoms with Crippen LogP contribution in [-0.4, -0.2) is 36.7 Å². The van der Waals surface area contributed by atoms with Gasteiger partial charge in [-0.25, -0.2) is 0 Å². The van der Waals surface area contributed by atoms with Gasteiger partial charge in [-0.3, -0.25) is 4.79 Å². The molecule has 18 heavy (non-hydrogen) atoms. The van der Waals surface area contributed by atoms with Crippen molar-refractivity contribution in [2.45, 2.75) is 18.2 Å². The van der Waals surface area contributed by atoms with Gasteiger partial charge in [0.1, 0.15) is 4.88 Å². The highest BCUT2D eigenvalue weighted by molar-refractivity contribution is 7.98. The fraction of sp³-hybridized carbons (Fsp3) is 0.583. The SMILES string of the molecule is CSc1ccsc1C(=O)N1CCC(C)(CN)C1.Cl. The van der Waals surface area contributed by atoms with Crippen LogP contribution in [0.25, 0.3) is 0 Å². The highest BCUT2D eigenvalue weighted by Crippen LogP contribution is 2.32. The third-order valence-electron chi connectivity index (χ3n) is 3.38. The fourth-order valence-corrected chi connectivity index (χ4v) is 3.83. The van der Waals surface area contributed by atoms with E-state index in [2.05, 4.69) is 6.92 Å². The van der Waals surface area contributed by atoms with Crippen molar-refractivity contribution >= 4 is 41.4 Å². The molecule has 1 aromatic heterocycles. The minimum atomic E-state index is 0. The predicted molar refractivity (Wildman–Crippen MR) is 81.0 cm³/mol. The summed E-state index contributed by atoms with van der Waals surface area (Å²) in [5, 5.41) is 1.98. The normalized spacial score (nSPS) is 22.9. The van der Waals surface area contributed by atoms with Gasteiger partial charge in [0.15, 0.2) is 0 Å². The molecule has 102 valence electrons. The van der Waals surface area contributed by atoms with Crippen LogP contribution >= 0.6 is 35.5 Å². The van der Waals surface area contributed by atoms with E-state index in [0.717, 1.165) is 29.3 Å². The third kappa shape index (κ3) is 3.02. The summed E-state index contributed by atoms with van der Waals surface area (Å²) in [4.78, 5) is 16.3. The van der Waals surface area contributed by atoms with Gasteiger partial charge in [-0.05, 0) is 36.1 Å². The van der Waals surface area contributed by atoms with Gasteiger partial charge < -0.3 is 10.6 Å². The Kier molecular flexibility index (Phi) is 5.52. The van der Waals surface area contributed by atoms with Crippen molar-refractivity contribution in [1.82, 2.24) is 4.90 Å². The maximum absolute atomic E-state index is 12.4. The number of hydrogen-bond acceptors (Lipinski definition) is 4. The van der Waals surface area contributed by atoms with Gasteiger partial charge in [0.05, 0.1) is 0 Å². The standard InChI is InChI=1S/C12H18N2OS2.ClH/c1-12(7-13)4-5-14(8-12)11(15)10-9(16-2)3-6-17-10;/h3,6H,4-5,7-8,13H2,1-2H3;1H. The smallest absolute Gasteiger partial charge is 0.265 e. The molecule has 1 fully saturated rings. The summed E-state index contributed by atoms with van der Waals surface area (Å²) in [7, 11) is 0. The third-order valence-corrected chi connectivity index (χ3v) is 5.19. The molecule has 6 heteroatoms. The van der Waals surface area contributed by atoms with Crippen LogP contribution in [0.3, 0.4) is 0 Å². The Labute approximate surface area is 123 Å². The molecule has 1 aliphatic heterocycles. The van der Waals surface area contributed by atoms with E-state index in [1.54, 1.807) is 11.8 Å². The van der Waals surface area contributed by atoms with Crippen LogP contribution in [0, 0.1) is 5.41 Å². The Morgan fingerprint density at radius 1 is 1.67 bits per heavy atom. The van der Waals surface area contributed by atoms with Gasteiger partial charge in [0, 0.05) is 18.0 Å². The first-order valence-electron chi connectivity index (χ1n) is 5.70. The van der Waals surface area contributed by atoms with E-state index in [1.165, 1.54) is 11.3 Å². The summed E-state index contributed by atoms with van der Waals surface area (Å²) < 4.78 is 0. The number of nitrogens with zero attached hydrogens (tertiary/aromatic N) is 1. The molecule has 2 N–H and O–H groups in total. The number of thiophene rings is 1. The lowest BCUT2D eigenvalue weighted by atomic mass is 9.90. The van der Waals surface area contributed by atoms with Crippen LogP contribution < -0.4 is 5.73 Å². The quantitative estimate of drug-likeness (QED) is 0.873.